The number of esters is 5. The highest BCUT2D eigenvalue weighted by Crippen LogP contribution is 2.39. The Morgan fingerprint density at radius 2 is 1.47 bits per heavy atom. The summed E-state index contributed by atoms with van der Waals surface area (Å²) >= 11 is 0. The molecule has 0 aromatic rings. The Morgan fingerprint density at radius 3 is 2.09 bits per heavy atom. The lowest BCUT2D eigenvalue weighted by atomic mass is 9.81. The van der Waals surface area contributed by atoms with Crippen LogP contribution in [0.2, 0.25) is 0 Å². The Morgan fingerprint density at radius 1 is 0.831 bits per heavy atom. The molecule has 3 fully saturated rings. The van der Waals surface area contributed by atoms with E-state index in [9.17, 15) is 48.6 Å². The van der Waals surface area contributed by atoms with Gasteiger partial charge < -0.3 is 62.5 Å². The molecule has 434 valence electrons. The summed E-state index contributed by atoms with van der Waals surface area (Å²) in [6.45, 7) is 13.7. The fourth-order valence-corrected chi connectivity index (χ4v) is 10.9. The van der Waals surface area contributed by atoms with Crippen LogP contribution in [0.25, 0.3) is 0 Å². The van der Waals surface area contributed by atoms with Gasteiger partial charge in [-0.2, -0.15) is 0 Å². The summed E-state index contributed by atoms with van der Waals surface area (Å²) in [5.74, 6) is -11.8. The lowest BCUT2D eigenvalue weighted by Crippen LogP contribution is -2.64. The molecule has 21 nitrogen and oxygen atoms in total. The Kier molecular flexibility index (Phi) is 26.0. The molecule has 0 aromatic heterocycles. The van der Waals surface area contributed by atoms with Crippen molar-refractivity contribution < 1.29 is 95.9 Å². The number of rotatable bonds is 18. The predicted molar refractivity (Wildman–Crippen MR) is 275 cm³/mol. The molecule has 0 radical (unpaired) electrons. The third kappa shape index (κ3) is 18.9. The van der Waals surface area contributed by atoms with E-state index in [0.717, 1.165) is 24.3 Å². The lowest BCUT2D eigenvalue weighted by molar-refractivity contribution is -0.302. The van der Waals surface area contributed by atoms with Gasteiger partial charge in [0.15, 0.2) is 12.9 Å². The minimum atomic E-state index is -2.60. The molecule has 14 atom stereocenters. The van der Waals surface area contributed by atoms with Crippen molar-refractivity contribution in [1.29, 1.82) is 0 Å². The molecular formula is C56H85NO20. The third-order valence-corrected chi connectivity index (χ3v) is 15.1. The molecule has 1 aliphatic carbocycles. The van der Waals surface area contributed by atoms with Crippen LogP contribution in [0.1, 0.15) is 132 Å². The third-order valence-electron chi connectivity index (χ3n) is 15.1. The maximum Gasteiger partial charge on any atom is 0.329 e. The summed E-state index contributed by atoms with van der Waals surface area (Å²) in [6.07, 6.45) is 1.24. The number of cyclic esters (lactones) is 1. The van der Waals surface area contributed by atoms with Crippen LogP contribution in [0.3, 0.4) is 0 Å². The Balaban J connectivity index is 1.75. The van der Waals surface area contributed by atoms with Gasteiger partial charge in [0.2, 0.25) is 5.79 Å². The maximum atomic E-state index is 14.8. The van der Waals surface area contributed by atoms with Crippen molar-refractivity contribution in [2.24, 2.45) is 29.6 Å². The Hall–Kier alpha value is -4.90. The number of aliphatic hydroxyl groups is 2. The first-order chi connectivity index (χ1) is 36.5. The largest absolute Gasteiger partial charge is 0.462 e. The number of Topliss-reactive ketones (excluding diaryl/α,β-unsaturated/α-hetero) is 2. The average Bonchev–Trinajstić information content (AvgIpc) is 3.39. The molecule has 77 heavy (non-hydrogen) atoms. The number of ether oxygens (including phenoxy) is 10. The normalized spacial score (nSPS) is 33.1. The molecule has 4 aliphatic rings. The molecule has 2 N–H and O–H groups in total. The minimum absolute atomic E-state index is 0.00149. The molecule has 0 aromatic carbocycles. The summed E-state index contributed by atoms with van der Waals surface area (Å²) in [6, 6.07) is -1.27. The van der Waals surface area contributed by atoms with Crippen molar-refractivity contribution in [1.82, 2.24) is 4.90 Å². The maximum absolute atomic E-state index is 14.8. The monoisotopic (exact) mass is 1090 g/mol. The van der Waals surface area contributed by atoms with Crippen LogP contribution in [0, 0.1) is 29.6 Å². The van der Waals surface area contributed by atoms with Crippen LogP contribution >= 0.6 is 0 Å². The number of piperidine rings is 1. The van der Waals surface area contributed by atoms with Gasteiger partial charge in [-0.1, -0.05) is 44.6 Å². The SMILES string of the molecule is C=CC[C@@H]1/C=C(\C)C[C@H](C)C[C@H](OC)[C@H]2O[C@@](O)(C(=O)C(=O)N3CCCC[C@H]3C(=O)O[C@H](/C(C)=C/C3CC[C@@H](O)[C@H](OC)C3)[C@H](C)[C@@H](OCOC(=O)CCC(=O)OC(COC(C)=O)COC(C)=O)CC1=O)[C@H](C)C[C@@H]2OC. The first-order valence-corrected chi connectivity index (χ1v) is 26.9. The number of carbonyl (C=O) groups excluding carboxylic acids is 8. The summed E-state index contributed by atoms with van der Waals surface area (Å²) in [4.78, 5) is 108. The molecule has 0 spiro atoms. The van der Waals surface area contributed by atoms with Crippen molar-refractivity contribution in [2.75, 3.05) is 47.9 Å². The van der Waals surface area contributed by atoms with Gasteiger partial charge in [0.25, 0.3) is 11.7 Å². The fourth-order valence-electron chi connectivity index (χ4n) is 10.9. The second-order valence-corrected chi connectivity index (χ2v) is 21.3. The topological polar surface area (TPSA) is 273 Å². The summed E-state index contributed by atoms with van der Waals surface area (Å²) in [5.41, 5.74) is 1.42. The summed E-state index contributed by atoms with van der Waals surface area (Å²) in [7, 11) is 4.51. The van der Waals surface area contributed by atoms with Gasteiger partial charge in [-0.15, -0.1) is 6.58 Å². The highest BCUT2D eigenvalue weighted by Gasteiger charge is 2.56. The molecule has 1 saturated carbocycles. The first kappa shape index (κ1) is 64.6. The van der Waals surface area contributed by atoms with E-state index in [1.807, 2.05) is 26.0 Å². The quantitative estimate of drug-likeness (QED) is 0.0602. The molecule has 1 unspecified atom stereocenters. The average molecular weight is 1090 g/mol. The zero-order chi connectivity index (χ0) is 57.1. The van der Waals surface area contributed by atoms with Gasteiger partial charge in [-0.25, -0.2) is 4.79 Å². The second-order valence-electron chi connectivity index (χ2n) is 21.3. The number of aliphatic hydroxyl groups excluding tert-OH is 1. The lowest BCUT2D eigenvalue weighted by Gasteiger charge is -2.47. The van der Waals surface area contributed by atoms with E-state index in [2.05, 4.69) is 6.58 Å². The van der Waals surface area contributed by atoms with E-state index in [4.69, 9.17) is 47.4 Å². The highest BCUT2D eigenvalue weighted by atomic mass is 16.7. The first-order valence-electron chi connectivity index (χ1n) is 26.9. The number of fused-ring (bicyclic) bond motifs is 3. The minimum Gasteiger partial charge on any atom is -0.462 e. The number of hydrogen-bond donors (Lipinski definition) is 2. The number of carbonyl (C=O) groups is 8. The number of nitrogens with zero attached hydrogens (tertiary/aromatic N) is 1. The zero-order valence-corrected chi connectivity index (χ0v) is 46.7. The van der Waals surface area contributed by atoms with E-state index < -0.39 is 153 Å². The molecule has 21 heteroatoms. The molecule has 2 saturated heterocycles. The van der Waals surface area contributed by atoms with Crippen molar-refractivity contribution >= 4 is 47.3 Å². The summed E-state index contributed by atoms with van der Waals surface area (Å²) in [5, 5.41) is 22.9. The molecule has 1 amide bonds. The zero-order valence-electron chi connectivity index (χ0n) is 46.7. The van der Waals surface area contributed by atoms with Crippen LogP contribution in [-0.2, 0) is 85.7 Å². The van der Waals surface area contributed by atoms with E-state index >= 15 is 0 Å². The predicted octanol–water partition coefficient (Wildman–Crippen LogP) is 4.98. The summed E-state index contributed by atoms with van der Waals surface area (Å²) < 4.78 is 57.0. The van der Waals surface area contributed by atoms with Crippen LogP contribution in [0.5, 0.6) is 0 Å². The number of ketones is 2. The number of hydrogen-bond acceptors (Lipinski definition) is 20. The van der Waals surface area contributed by atoms with E-state index in [-0.39, 0.29) is 49.8 Å². The fraction of sp³-hybridized carbons (Fsp3) is 0.750. The van der Waals surface area contributed by atoms with Crippen molar-refractivity contribution in [3.05, 3.63) is 36.0 Å². The molecular weight excluding hydrogens is 1010 g/mol. The molecule has 4 rings (SSSR count). The van der Waals surface area contributed by atoms with Crippen LogP contribution < -0.4 is 0 Å². The molecule has 3 aliphatic heterocycles. The van der Waals surface area contributed by atoms with E-state index in [0.29, 0.717) is 50.5 Å². The van der Waals surface area contributed by atoms with Gasteiger partial charge in [-0.3, -0.25) is 33.6 Å². The van der Waals surface area contributed by atoms with E-state index in [1.165, 1.54) is 21.3 Å². The van der Waals surface area contributed by atoms with Crippen molar-refractivity contribution in [2.45, 2.75) is 193 Å². The second kappa shape index (κ2) is 31.0. The molecule has 3 heterocycles. The van der Waals surface area contributed by atoms with Gasteiger partial charge in [0, 0.05) is 65.9 Å². The highest BCUT2D eigenvalue weighted by molar-refractivity contribution is 6.39. The Labute approximate surface area is 452 Å². The van der Waals surface area contributed by atoms with Crippen LogP contribution in [0.15, 0.2) is 36.0 Å². The number of methoxy groups -OCH3 is 3. The van der Waals surface area contributed by atoms with Gasteiger partial charge in [0.05, 0.1) is 43.4 Å². The van der Waals surface area contributed by atoms with Crippen LogP contribution in [0.4, 0.5) is 0 Å². The van der Waals surface area contributed by atoms with Crippen molar-refractivity contribution in [3.8, 4) is 0 Å². The van der Waals surface area contributed by atoms with Gasteiger partial charge >= 0.3 is 29.8 Å². The van der Waals surface area contributed by atoms with Crippen LogP contribution in [-0.4, -0.2) is 171 Å². The smallest absolute Gasteiger partial charge is 0.329 e. The van der Waals surface area contributed by atoms with Gasteiger partial charge in [-0.05, 0) is 95.5 Å². The van der Waals surface area contributed by atoms with Crippen molar-refractivity contribution in [3.63, 3.8) is 0 Å². The van der Waals surface area contributed by atoms with Gasteiger partial charge in [0.1, 0.15) is 37.2 Å². The number of allylic oxidation sites excluding steroid dienone is 4. The Bertz CT molecular complexity index is 2090. The molecule has 2 bridgehead atoms. The number of amides is 1. The standard InChI is InChI=1S/C56H85NO20/c1-12-15-40-23-32(2)22-33(3)24-47(69-10)52-48(70-11)26-35(5)56(67,77-52)53(64)54(65)57-21-14-13-16-42(57)55(66)76-51(34(4)25-39-17-18-43(60)46(27-39)68-9)36(6)45(28-44(40)61)73-31-74-49(62)19-20-50(63)75-41(29-71-37(7)58)30-72-38(8)59/h12,23,25,33,35-36,39-43,45-48,51-52,60,67H,1,13-22,24,26-31H2,2-11H3/b32-23+,34-25+/t33-,35+,36+,39?,40+,42-,43+,45-,46+,47-,48-,51+,52+,56+/m0/s1. The van der Waals surface area contributed by atoms with E-state index in [1.54, 1.807) is 26.8 Å².